The molecule has 0 aliphatic rings. The van der Waals surface area contributed by atoms with E-state index in [2.05, 4.69) is 26.2 Å². The van der Waals surface area contributed by atoms with Gasteiger partial charge in [0, 0.05) is 16.4 Å². The first-order chi connectivity index (χ1) is 8.87. The Labute approximate surface area is 119 Å². The average Bonchev–Trinajstić information content (AvgIpc) is 2.30. The predicted molar refractivity (Wildman–Crippen MR) is 80.3 cm³/mol. The maximum Gasteiger partial charge on any atom is 0.210 e. The van der Waals surface area contributed by atoms with Crippen molar-refractivity contribution in [2.24, 2.45) is 5.14 Å². The highest BCUT2D eigenvalue weighted by atomic mass is 79.9. The monoisotopic (exact) mass is 344 g/mol. The zero-order chi connectivity index (χ0) is 14.0. The standard InChI is InChI=1S/C11H13BrN4O2S/c12-7-1-2-10-8(5-7)11(9(13)6-16-10)15-3-4-19(14,17)18/h1-2,5-6H,3-4,13H2,(H,15,16)(H2,14,17,18). The van der Waals surface area contributed by atoms with Crippen LogP contribution < -0.4 is 16.2 Å². The van der Waals surface area contributed by atoms with Crippen LogP contribution in [0.25, 0.3) is 10.9 Å². The van der Waals surface area contributed by atoms with Crippen molar-refractivity contribution in [1.82, 2.24) is 4.98 Å². The Morgan fingerprint density at radius 1 is 1.37 bits per heavy atom. The normalized spacial score (nSPS) is 11.7. The molecule has 0 atom stereocenters. The second kappa shape index (κ2) is 5.32. The van der Waals surface area contributed by atoms with Gasteiger partial charge in [0.05, 0.1) is 28.8 Å². The topological polar surface area (TPSA) is 111 Å². The van der Waals surface area contributed by atoms with E-state index in [-0.39, 0.29) is 12.3 Å². The van der Waals surface area contributed by atoms with E-state index in [1.54, 1.807) is 0 Å². The van der Waals surface area contributed by atoms with Gasteiger partial charge in [-0.1, -0.05) is 15.9 Å². The van der Waals surface area contributed by atoms with Crippen molar-refractivity contribution in [2.75, 3.05) is 23.3 Å². The highest BCUT2D eigenvalue weighted by Gasteiger charge is 2.08. The zero-order valence-corrected chi connectivity index (χ0v) is 12.3. The first-order valence-electron chi connectivity index (χ1n) is 5.45. The van der Waals surface area contributed by atoms with E-state index in [0.29, 0.717) is 11.4 Å². The van der Waals surface area contributed by atoms with Crippen LogP contribution in [-0.4, -0.2) is 25.7 Å². The van der Waals surface area contributed by atoms with Gasteiger partial charge in [-0.2, -0.15) is 0 Å². The number of nitrogen functional groups attached to an aromatic ring is 1. The summed E-state index contributed by atoms with van der Waals surface area (Å²) in [6.45, 7) is 0.189. The number of rotatable bonds is 4. The van der Waals surface area contributed by atoms with Crippen LogP contribution in [0.2, 0.25) is 0 Å². The summed E-state index contributed by atoms with van der Waals surface area (Å²) in [6.07, 6.45) is 1.54. The maximum atomic E-state index is 10.9. The number of hydrogen-bond acceptors (Lipinski definition) is 5. The van der Waals surface area contributed by atoms with Crippen molar-refractivity contribution >= 4 is 48.2 Å². The van der Waals surface area contributed by atoms with Crippen LogP contribution in [0.5, 0.6) is 0 Å². The van der Waals surface area contributed by atoms with E-state index in [1.807, 2.05) is 18.2 Å². The van der Waals surface area contributed by atoms with E-state index in [4.69, 9.17) is 10.9 Å². The molecule has 0 aliphatic carbocycles. The molecule has 0 saturated carbocycles. The Hall–Kier alpha value is -1.38. The maximum absolute atomic E-state index is 10.9. The second-order valence-electron chi connectivity index (χ2n) is 4.04. The van der Waals surface area contributed by atoms with Crippen LogP contribution in [-0.2, 0) is 10.0 Å². The molecule has 2 aromatic rings. The number of nitrogens with zero attached hydrogens (tertiary/aromatic N) is 1. The summed E-state index contributed by atoms with van der Waals surface area (Å²) in [7, 11) is -3.50. The third-order valence-electron chi connectivity index (χ3n) is 2.55. The van der Waals surface area contributed by atoms with Gasteiger partial charge in [-0.3, -0.25) is 4.98 Å². The Morgan fingerprint density at radius 2 is 2.11 bits per heavy atom. The first kappa shape index (κ1) is 14.0. The van der Waals surface area contributed by atoms with E-state index in [1.165, 1.54) is 6.20 Å². The molecule has 0 unspecified atom stereocenters. The second-order valence-corrected chi connectivity index (χ2v) is 6.69. The van der Waals surface area contributed by atoms with Crippen molar-refractivity contribution in [1.29, 1.82) is 0 Å². The Bertz CT molecular complexity index is 713. The number of nitrogens with one attached hydrogen (secondary N) is 1. The minimum absolute atomic E-state index is 0.162. The molecule has 8 heteroatoms. The van der Waals surface area contributed by atoms with Crippen LogP contribution in [0.3, 0.4) is 0 Å². The molecule has 2 rings (SSSR count). The third kappa shape index (κ3) is 3.55. The number of primary sulfonamides is 1. The molecule has 0 radical (unpaired) electrons. The molecule has 5 N–H and O–H groups in total. The minimum Gasteiger partial charge on any atom is -0.396 e. The SMILES string of the molecule is Nc1cnc2ccc(Br)cc2c1NCCS(N)(=O)=O. The number of aromatic nitrogens is 1. The fourth-order valence-corrected chi connectivity index (χ4v) is 2.44. The summed E-state index contributed by atoms with van der Waals surface area (Å²) >= 11 is 3.38. The van der Waals surface area contributed by atoms with Crippen molar-refractivity contribution in [2.45, 2.75) is 0 Å². The molecule has 0 saturated heterocycles. The Balaban J connectivity index is 2.35. The Kier molecular flexibility index (Phi) is 3.93. The summed E-state index contributed by atoms with van der Waals surface area (Å²) in [6, 6.07) is 5.60. The van der Waals surface area contributed by atoms with Crippen LogP contribution in [0.4, 0.5) is 11.4 Å². The summed E-state index contributed by atoms with van der Waals surface area (Å²) < 4.78 is 22.7. The van der Waals surface area contributed by atoms with Gasteiger partial charge in [-0.15, -0.1) is 0 Å². The summed E-state index contributed by atoms with van der Waals surface area (Å²) in [5.41, 5.74) is 7.76. The van der Waals surface area contributed by atoms with E-state index >= 15 is 0 Å². The molecule has 1 heterocycles. The molecule has 0 spiro atoms. The number of benzene rings is 1. The molecule has 6 nitrogen and oxygen atoms in total. The number of fused-ring (bicyclic) bond motifs is 1. The lowest BCUT2D eigenvalue weighted by Gasteiger charge is -2.12. The van der Waals surface area contributed by atoms with Crippen molar-refractivity contribution < 1.29 is 8.42 Å². The van der Waals surface area contributed by atoms with Crippen molar-refractivity contribution in [3.05, 3.63) is 28.9 Å². The van der Waals surface area contributed by atoms with Gasteiger partial charge in [0.25, 0.3) is 0 Å². The molecule has 1 aromatic carbocycles. The first-order valence-corrected chi connectivity index (χ1v) is 7.96. The Morgan fingerprint density at radius 3 is 2.79 bits per heavy atom. The van der Waals surface area contributed by atoms with E-state index in [0.717, 1.165) is 15.4 Å². The number of anilines is 2. The van der Waals surface area contributed by atoms with Gasteiger partial charge in [-0.05, 0) is 18.2 Å². The molecule has 0 fully saturated rings. The zero-order valence-electron chi connectivity index (χ0n) is 9.93. The van der Waals surface area contributed by atoms with Crippen LogP contribution in [0.15, 0.2) is 28.9 Å². The summed E-state index contributed by atoms with van der Waals surface area (Å²) in [5, 5.41) is 8.77. The number of sulfonamides is 1. The van der Waals surface area contributed by atoms with Gasteiger partial charge in [0.15, 0.2) is 0 Å². The minimum atomic E-state index is -3.50. The van der Waals surface area contributed by atoms with Crippen molar-refractivity contribution in [3.8, 4) is 0 Å². The lowest BCUT2D eigenvalue weighted by molar-refractivity contribution is 0.598. The van der Waals surface area contributed by atoms with E-state index in [9.17, 15) is 8.42 Å². The largest absolute Gasteiger partial charge is 0.396 e. The molecule has 102 valence electrons. The number of pyridine rings is 1. The molecule has 19 heavy (non-hydrogen) atoms. The smallest absolute Gasteiger partial charge is 0.210 e. The average molecular weight is 345 g/mol. The van der Waals surface area contributed by atoms with Gasteiger partial charge in [0.1, 0.15) is 0 Å². The third-order valence-corrected chi connectivity index (χ3v) is 3.81. The predicted octanol–water partition coefficient (Wildman–Crippen LogP) is 1.28. The molecule has 1 aromatic heterocycles. The van der Waals surface area contributed by atoms with Gasteiger partial charge in [0.2, 0.25) is 10.0 Å². The lowest BCUT2D eigenvalue weighted by atomic mass is 10.1. The summed E-state index contributed by atoms with van der Waals surface area (Å²) in [5.74, 6) is -0.162. The summed E-state index contributed by atoms with van der Waals surface area (Å²) in [4.78, 5) is 4.21. The number of hydrogen-bond donors (Lipinski definition) is 3. The fraction of sp³-hybridized carbons (Fsp3) is 0.182. The number of halogens is 1. The lowest BCUT2D eigenvalue weighted by Crippen LogP contribution is -2.22. The van der Waals surface area contributed by atoms with Crippen LogP contribution in [0, 0.1) is 0 Å². The van der Waals surface area contributed by atoms with Crippen LogP contribution >= 0.6 is 15.9 Å². The highest BCUT2D eigenvalue weighted by Crippen LogP contribution is 2.29. The van der Waals surface area contributed by atoms with E-state index < -0.39 is 10.0 Å². The molecular formula is C11H13BrN4O2S. The van der Waals surface area contributed by atoms with Crippen LogP contribution in [0.1, 0.15) is 0 Å². The van der Waals surface area contributed by atoms with Gasteiger partial charge in [-0.25, -0.2) is 13.6 Å². The molecular weight excluding hydrogens is 332 g/mol. The highest BCUT2D eigenvalue weighted by molar-refractivity contribution is 9.10. The molecule has 0 bridgehead atoms. The molecule has 0 aliphatic heterocycles. The van der Waals surface area contributed by atoms with Gasteiger partial charge >= 0.3 is 0 Å². The number of nitrogens with two attached hydrogens (primary N) is 2. The van der Waals surface area contributed by atoms with Gasteiger partial charge < -0.3 is 11.1 Å². The quantitative estimate of drug-likeness (QED) is 0.773. The molecule has 0 amide bonds. The van der Waals surface area contributed by atoms with Crippen molar-refractivity contribution in [3.63, 3.8) is 0 Å². The fourth-order valence-electron chi connectivity index (χ4n) is 1.70.